The topological polar surface area (TPSA) is 45.8 Å². The SMILES string of the molecule is CC(=O)CCc1ncc(-c2cc(Br)ccc2C)[nH]1. The van der Waals surface area contributed by atoms with E-state index in [1.165, 1.54) is 5.56 Å². The number of halogens is 1. The molecule has 3 nitrogen and oxygen atoms in total. The van der Waals surface area contributed by atoms with Crippen LogP contribution in [0.25, 0.3) is 11.3 Å². The number of aromatic nitrogens is 2. The van der Waals surface area contributed by atoms with Crippen molar-refractivity contribution in [1.29, 1.82) is 0 Å². The molecular weight excluding hydrogens is 292 g/mol. The van der Waals surface area contributed by atoms with E-state index in [1.54, 1.807) is 6.92 Å². The van der Waals surface area contributed by atoms with Gasteiger partial charge in [0.2, 0.25) is 0 Å². The molecular formula is C14H15BrN2O. The van der Waals surface area contributed by atoms with Crippen molar-refractivity contribution in [2.75, 3.05) is 0 Å². The second kappa shape index (κ2) is 5.48. The van der Waals surface area contributed by atoms with Gasteiger partial charge in [0, 0.05) is 22.9 Å². The molecule has 0 unspecified atom stereocenters. The summed E-state index contributed by atoms with van der Waals surface area (Å²) in [4.78, 5) is 18.5. The lowest BCUT2D eigenvalue weighted by molar-refractivity contribution is -0.117. The fraction of sp³-hybridized carbons (Fsp3) is 0.286. The first-order valence-corrected chi connectivity index (χ1v) is 6.65. The highest BCUT2D eigenvalue weighted by Crippen LogP contribution is 2.25. The number of nitrogens with zero attached hydrogens (tertiary/aromatic N) is 1. The molecule has 1 aromatic heterocycles. The molecule has 1 heterocycles. The molecule has 2 rings (SSSR count). The van der Waals surface area contributed by atoms with Gasteiger partial charge in [0.15, 0.2) is 0 Å². The number of rotatable bonds is 4. The maximum Gasteiger partial charge on any atom is 0.130 e. The normalized spacial score (nSPS) is 10.6. The van der Waals surface area contributed by atoms with E-state index in [4.69, 9.17) is 0 Å². The molecule has 0 saturated carbocycles. The van der Waals surface area contributed by atoms with Gasteiger partial charge < -0.3 is 9.78 Å². The predicted octanol–water partition coefficient (Wildman–Crippen LogP) is 3.67. The molecule has 0 radical (unpaired) electrons. The van der Waals surface area contributed by atoms with Crippen LogP contribution in [0.15, 0.2) is 28.9 Å². The summed E-state index contributed by atoms with van der Waals surface area (Å²) < 4.78 is 1.04. The zero-order valence-electron chi connectivity index (χ0n) is 10.5. The average Bonchev–Trinajstić information content (AvgIpc) is 2.78. The third kappa shape index (κ3) is 3.07. The monoisotopic (exact) mass is 306 g/mol. The molecule has 0 atom stereocenters. The molecule has 0 spiro atoms. The third-order valence-electron chi connectivity index (χ3n) is 2.83. The number of imidazole rings is 1. The van der Waals surface area contributed by atoms with Gasteiger partial charge in [-0.25, -0.2) is 4.98 Å². The Kier molecular flexibility index (Phi) is 3.97. The van der Waals surface area contributed by atoms with Gasteiger partial charge in [-0.2, -0.15) is 0 Å². The van der Waals surface area contributed by atoms with Crippen molar-refractivity contribution in [3.05, 3.63) is 40.3 Å². The minimum atomic E-state index is 0.187. The second-order valence-corrected chi connectivity index (χ2v) is 5.32. The van der Waals surface area contributed by atoms with Crippen molar-refractivity contribution in [3.8, 4) is 11.3 Å². The zero-order chi connectivity index (χ0) is 13.1. The molecule has 1 N–H and O–H groups in total. The van der Waals surface area contributed by atoms with Crippen LogP contribution in [0.4, 0.5) is 0 Å². The minimum absolute atomic E-state index is 0.187. The second-order valence-electron chi connectivity index (χ2n) is 4.40. The van der Waals surface area contributed by atoms with E-state index in [-0.39, 0.29) is 5.78 Å². The Morgan fingerprint density at radius 3 is 2.94 bits per heavy atom. The lowest BCUT2D eigenvalue weighted by atomic mass is 10.1. The largest absolute Gasteiger partial charge is 0.342 e. The molecule has 18 heavy (non-hydrogen) atoms. The third-order valence-corrected chi connectivity index (χ3v) is 3.33. The molecule has 2 aromatic rings. The summed E-state index contributed by atoms with van der Waals surface area (Å²) in [5, 5.41) is 0. The van der Waals surface area contributed by atoms with Gasteiger partial charge in [-0.05, 0) is 31.5 Å². The van der Waals surface area contributed by atoms with Crippen LogP contribution < -0.4 is 0 Å². The van der Waals surface area contributed by atoms with E-state index >= 15 is 0 Å². The first kappa shape index (κ1) is 13.0. The lowest BCUT2D eigenvalue weighted by Gasteiger charge is -2.03. The van der Waals surface area contributed by atoms with Crippen LogP contribution in [-0.2, 0) is 11.2 Å². The number of nitrogens with one attached hydrogen (secondary N) is 1. The first-order valence-electron chi connectivity index (χ1n) is 5.86. The highest BCUT2D eigenvalue weighted by molar-refractivity contribution is 9.10. The van der Waals surface area contributed by atoms with Crippen molar-refractivity contribution < 1.29 is 4.79 Å². The number of aryl methyl sites for hydroxylation is 2. The van der Waals surface area contributed by atoms with Gasteiger partial charge >= 0.3 is 0 Å². The summed E-state index contributed by atoms with van der Waals surface area (Å²) in [5.74, 6) is 1.05. The number of hydrogen-bond donors (Lipinski definition) is 1. The molecule has 4 heteroatoms. The van der Waals surface area contributed by atoms with Gasteiger partial charge in [-0.1, -0.05) is 22.0 Å². The van der Waals surface area contributed by atoms with Gasteiger partial charge in [-0.15, -0.1) is 0 Å². The minimum Gasteiger partial charge on any atom is -0.342 e. The van der Waals surface area contributed by atoms with Crippen LogP contribution in [0.1, 0.15) is 24.7 Å². The van der Waals surface area contributed by atoms with Gasteiger partial charge in [0.05, 0.1) is 11.9 Å². The fourth-order valence-electron chi connectivity index (χ4n) is 1.81. The average molecular weight is 307 g/mol. The Balaban J connectivity index is 2.23. The van der Waals surface area contributed by atoms with Crippen LogP contribution in [0, 0.1) is 6.92 Å². The highest BCUT2D eigenvalue weighted by atomic mass is 79.9. The maximum absolute atomic E-state index is 10.9. The smallest absolute Gasteiger partial charge is 0.130 e. The van der Waals surface area contributed by atoms with E-state index in [9.17, 15) is 4.79 Å². The number of H-pyrrole nitrogens is 1. The summed E-state index contributed by atoms with van der Waals surface area (Å²) in [6, 6.07) is 6.15. The quantitative estimate of drug-likeness (QED) is 0.936. The van der Waals surface area contributed by atoms with E-state index in [0.29, 0.717) is 12.8 Å². The molecule has 0 saturated heterocycles. The summed E-state index contributed by atoms with van der Waals surface area (Å²) in [5.41, 5.74) is 3.32. The van der Waals surface area contributed by atoms with E-state index in [1.807, 2.05) is 12.3 Å². The van der Waals surface area contributed by atoms with E-state index < -0.39 is 0 Å². The number of aromatic amines is 1. The molecule has 94 valence electrons. The van der Waals surface area contributed by atoms with Crippen LogP contribution in [0.2, 0.25) is 0 Å². The molecule has 0 amide bonds. The molecule has 0 fully saturated rings. The summed E-state index contributed by atoms with van der Waals surface area (Å²) >= 11 is 3.47. The molecule has 0 aliphatic heterocycles. The maximum atomic E-state index is 10.9. The zero-order valence-corrected chi connectivity index (χ0v) is 12.0. The Morgan fingerprint density at radius 1 is 1.44 bits per heavy atom. The number of ketones is 1. The Morgan fingerprint density at radius 2 is 2.22 bits per heavy atom. The van der Waals surface area contributed by atoms with Crippen molar-refractivity contribution in [2.24, 2.45) is 0 Å². The Hall–Kier alpha value is -1.42. The van der Waals surface area contributed by atoms with Gasteiger partial charge in [-0.3, -0.25) is 0 Å². The highest BCUT2D eigenvalue weighted by Gasteiger charge is 2.07. The van der Waals surface area contributed by atoms with Crippen molar-refractivity contribution >= 4 is 21.7 Å². The summed E-state index contributed by atoms with van der Waals surface area (Å²) in [6.45, 7) is 3.67. The van der Waals surface area contributed by atoms with E-state index in [0.717, 1.165) is 21.6 Å². The molecule has 0 bridgehead atoms. The number of hydrogen-bond acceptors (Lipinski definition) is 2. The fourth-order valence-corrected chi connectivity index (χ4v) is 2.17. The van der Waals surface area contributed by atoms with Crippen molar-refractivity contribution in [3.63, 3.8) is 0 Å². The first-order chi connectivity index (χ1) is 8.56. The standard InChI is InChI=1S/C14H15BrN2O/c1-9-3-5-11(15)7-12(9)13-8-16-14(17-13)6-4-10(2)18/h3,5,7-8H,4,6H2,1-2H3,(H,16,17). The number of Topliss-reactive ketones (excluding diaryl/α,β-unsaturated/α-hetero) is 1. The number of carbonyl (C=O) groups excluding carboxylic acids is 1. The summed E-state index contributed by atoms with van der Waals surface area (Å²) in [7, 11) is 0. The van der Waals surface area contributed by atoms with Crippen LogP contribution in [0.5, 0.6) is 0 Å². The van der Waals surface area contributed by atoms with Crippen LogP contribution in [0.3, 0.4) is 0 Å². The Bertz CT molecular complexity index is 575. The predicted molar refractivity (Wildman–Crippen MR) is 75.5 cm³/mol. The molecule has 0 aliphatic rings. The molecule has 1 aromatic carbocycles. The molecule has 0 aliphatic carbocycles. The van der Waals surface area contributed by atoms with Gasteiger partial charge in [0.1, 0.15) is 11.6 Å². The van der Waals surface area contributed by atoms with Crippen LogP contribution >= 0.6 is 15.9 Å². The van der Waals surface area contributed by atoms with Gasteiger partial charge in [0.25, 0.3) is 0 Å². The van der Waals surface area contributed by atoms with Crippen molar-refractivity contribution in [2.45, 2.75) is 26.7 Å². The number of benzene rings is 1. The van der Waals surface area contributed by atoms with Crippen LogP contribution in [-0.4, -0.2) is 15.8 Å². The summed E-state index contributed by atoms with van der Waals surface area (Å²) in [6.07, 6.45) is 3.02. The number of carbonyl (C=O) groups is 1. The Labute approximate surface area is 115 Å². The van der Waals surface area contributed by atoms with Crippen molar-refractivity contribution in [1.82, 2.24) is 9.97 Å². The lowest BCUT2D eigenvalue weighted by Crippen LogP contribution is -1.95. The van der Waals surface area contributed by atoms with E-state index in [2.05, 4.69) is 45.0 Å².